The molecule has 0 spiro atoms. The molecule has 1 aromatic rings. The lowest BCUT2D eigenvalue weighted by Gasteiger charge is -2.08. The van der Waals surface area contributed by atoms with Gasteiger partial charge in [0.05, 0.1) is 9.82 Å². The number of non-ortho nitro benzene ring substituents is 1. The van der Waals surface area contributed by atoms with Crippen molar-refractivity contribution in [3.63, 3.8) is 0 Å². The van der Waals surface area contributed by atoms with Crippen LogP contribution in [0.1, 0.15) is 0 Å². The second kappa shape index (κ2) is 5.28. The van der Waals surface area contributed by atoms with Crippen LogP contribution in [0.4, 0.5) is 5.69 Å². The van der Waals surface area contributed by atoms with Gasteiger partial charge in [-0.2, -0.15) is 0 Å². The summed E-state index contributed by atoms with van der Waals surface area (Å²) in [4.78, 5) is 10.0. The summed E-state index contributed by atoms with van der Waals surface area (Å²) in [6, 6.07) is 4.92. The molecule has 3 rings (SSSR count). The van der Waals surface area contributed by atoms with E-state index in [1.165, 1.54) is 24.3 Å². The molecular weight excluding hydrogens is 306 g/mol. The largest absolute Gasteiger partial charge is 0.316 e. The molecule has 2 unspecified atom stereocenters. The van der Waals surface area contributed by atoms with Crippen LogP contribution in [0.2, 0.25) is 0 Å². The minimum atomic E-state index is -3.58. The highest BCUT2D eigenvalue weighted by atomic mass is 35.5. The van der Waals surface area contributed by atoms with E-state index in [0.717, 1.165) is 13.1 Å². The average Bonchev–Trinajstić information content (AvgIpc) is 2.82. The smallest absolute Gasteiger partial charge is 0.269 e. The summed E-state index contributed by atoms with van der Waals surface area (Å²) in [6.45, 7) is 1.69. The number of nitro benzene ring substituents is 1. The first kappa shape index (κ1) is 15.2. The van der Waals surface area contributed by atoms with Crippen LogP contribution in [0.5, 0.6) is 0 Å². The Bertz CT molecular complexity index is 609. The number of nitro groups is 1. The van der Waals surface area contributed by atoms with Gasteiger partial charge in [0, 0.05) is 18.2 Å². The summed E-state index contributed by atoms with van der Waals surface area (Å²) in [5.74, 6) is 0.764. The highest BCUT2D eigenvalue weighted by molar-refractivity contribution is 7.89. The molecule has 1 saturated carbocycles. The first-order chi connectivity index (χ1) is 8.99. The van der Waals surface area contributed by atoms with Crippen molar-refractivity contribution in [1.82, 2.24) is 10.0 Å². The lowest BCUT2D eigenvalue weighted by Crippen LogP contribution is -2.32. The Morgan fingerprint density at radius 3 is 2.25 bits per heavy atom. The molecule has 2 atom stereocenters. The molecule has 20 heavy (non-hydrogen) atoms. The molecule has 0 amide bonds. The van der Waals surface area contributed by atoms with E-state index in [1.807, 2.05) is 0 Å². The number of piperidine rings is 1. The normalized spacial score (nSPS) is 27.5. The van der Waals surface area contributed by atoms with E-state index in [1.54, 1.807) is 0 Å². The third-order valence-corrected chi connectivity index (χ3v) is 5.22. The summed E-state index contributed by atoms with van der Waals surface area (Å²) < 4.78 is 26.8. The zero-order valence-electron chi connectivity index (χ0n) is 10.4. The van der Waals surface area contributed by atoms with Crippen LogP contribution in [-0.4, -0.2) is 32.5 Å². The van der Waals surface area contributed by atoms with Gasteiger partial charge in [0.1, 0.15) is 0 Å². The van der Waals surface area contributed by atoms with Crippen LogP contribution in [0, 0.1) is 22.0 Å². The van der Waals surface area contributed by atoms with E-state index in [2.05, 4.69) is 10.0 Å². The molecule has 2 N–H and O–H groups in total. The number of nitrogens with zero attached hydrogens (tertiary/aromatic N) is 1. The molecule has 110 valence electrons. The third-order valence-electron chi connectivity index (χ3n) is 3.74. The Morgan fingerprint density at radius 2 is 1.75 bits per heavy atom. The van der Waals surface area contributed by atoms with Gasteiger partial charge in [-0.1, -0.05) is 0 Å². The highest BCUT2D eigenvalue weighted by Gasteiger charge is 2.54. The van der Waals surface area contributed by atoms with E-state index in [9.17, 15) is 18.5 Å². The van der Waals surface area contributed by atoms with Crippen LogP contribution in [0.3, 0.4) is 0 Å². The highest BCUT2D eigenvalue weighted by Crippen LogP contribution is 2.42. The number of sulfonamides is 1. The van der Waals surface area contributed by atoms with E-state index in [-0.39, 0.29) is 29.0 Å². The molecule has 0 aromatic heterocycles. The zero-order valence-corrected chi connectivity index (χ0v) is 12.0. The molecule has 1 saturated heterocycles. The third kappa shape index (κ3) is 2.64. The van der Waals surface area contributed by atoms with Gasteiger partial charge in [-0.05, 0) is 37.1 Å². The first-order valence-electron chi connectivity index (χ1n) is 5.96. The number of nitrogens with one attached hydrogen (secondary N) is 2. The Morgan fingerprint density at radius 1 is 1.20 bits per heavy atom. The van der Waals surface area contributed by atoms with Crippen molar-refractivity contribution in [1.29, 1.82) is 0 Å². The maximum Gasteiger partial charge on any atom is 0.269 e. The molecule has 2 aliphatic rings. The zero-order chi connectivity index (χ0) is 13.6. The van der Waals surface area contributed by atoms with Gasteiger partial charge < -0.3 is 5.32 Å². The fraction of sp³-hybridized carbons (Fsp3) is 0.455. The number of hydrogen-bond acceptors (Lipinski definition) is 5. The number of halogens is 1. The monoisotopic (exact) mass is 319 g/mol. The minimum absolute atomic E-state index is 0. The molecule has 7 nitrogen and oxygen atoms in total. The predicted molar refractivity (Wildman–Crippen MR) is 74.3 cm³/mol. The standard InChI is InChI=1S/C11H13N3O4S.ClH/c15-14(16)7-1-3-8(4-2-7)19(17,18)13-11-9-5-12-6-10(9)11;/h1-4,9-13H,5-6H2;1H. The van der Waals surface area contributed by atoms with E-state index in [4.69, 9.17) is 0 Å². The van der Waals surface area contributed by atoms with Gasteiger partial charge in [-0.25, -0.2) is 13.1 Å². The first-order valence-corrected chi connectivity index (χ1v) is 7.45. The predicted octanol–water partition coefficient (Wildman–Crippen LogP) is 0.513. The second-order valence-corrected chi connectivity index (χ2v) is 6.60. The van der Waals surface area contributed by atoms with Gasteiger partial charge in [-0.3, -0.25) is 10.1 Å². The molecule has 1 aromatic carbocycles. The summed E-state index contributed by atoms with van der Waals surface area (Å²) in [5.41, 5.74) is -0.119. The van der Waals surface area contributed by atoms with E-state index >= 15 is 0 Å². The van der Waals surface area contributed by atoms with Gasteiger partial charge in [0.25, 0.3) is 5.69 Å². The van der Waals surface area contributed by atoms with Crippen molar-refractivity contribution >= 4 is 28.1 Å². The Labute approximate surface area is 122 Å². The quantitative estimate of drug-likeness (QED) is 0.622. The maximum atomic E-state index is 12.1. The molecule has 1 aliphatic heterocycles. The molecular formula is C11H14ClN3O4S. The molecule has 0 radical (unpaired) electrons. The lowest BCUT2D eigenvalue weighted by atomic mass is 10.3. The Kier molecular flexibility index (Phi) is 4.01. The number of fused-ring (bicyclic) bond motifs is 1. The van der Waals surface area contributed by atoms with Gasteiger partial charge in [-0.15, -0.1) is 12.4 Å². The average molecular weight is 320 g/mol. The lowest BCUT2D eigenvalue weighted by molar-refractivity contribution is -0.384. The van der Waals surface area contributed by atoms with Crippen LogP contribution in [0.25, 0.3) is 0 Å². The Hall–Kier alpha value is -1.22. The van der Waals surface area contributed by atoms with Crippen molar-refractivity contribution in [3.8, 4) is 0 Å². The fourth-order valence-electron chi connectivity index (χ4n) is 2.59. The van der Waals surface area contributed by atoms with E-state index in [0.29, 0.717) is 11.8 Å². The molecule has 1 heterocycles. The number of rotatable bonds is 4. The molecule has 0 bridgehead atoms. The van der Waals surface area contributed by atoms with Crippen LogP contribution in [0.15, 0.2) is 29.2 Å². The van der Waals surface area contributed by atoms with Gasteiger partial charge >= 0.3 is 0 Å². The summed E-state index contributed by atoms with van der Waals surface area (Å²) in [7, 11) is -3.58. The van der Waals surface area contributed by atoms with Crippen LogP contribution >= 0.6 is 12.4 Å². The van der Waals surface area contributed by atoms with Crippen molar-refractivity contribution in [2.45, 2.75) is 10.9 Å². The van der Waals surface area contributed by atoms with Gasteiger partial charge in [0.15, 0.2) is 0 Å². The summed E-state index contributed by atoms with van der Waals surface area (Å²) >= 11 is 0. The summed E-state index contributed by atoms with van der Waals surface area (Å²) in [6.07, 6.45) is 0. The van der Waals surface area contributed by atoms with Crippen molar-refractivity contribution in [3.05, 3.63) is 34.4 Å². The summed E-state index contributed by atoms with van der Waals surface area (Å²) in [5, 5.41) is 13.7. The van der Waals surface area contributed by atoms with Crippen molar-refractivity contribution < 1.29 is 13.3 Å². The number of hydrogen-bond donors (Lipinski definition) is 2. The van der Waals surface area contributed by atoms with Crippen molar-refractivity contribution in [2.24, 2.45) is 11.8 Å². The molecule has 9 heteroatoms. The fourth-order valence-corrected chi connectivity index (χ4v) is 3.93. The molecule has 2 fully saturated rings. The van der Waals surface area contributed by atoms with Gasteiger partial charge in [0.2, 0.25) is 10.0 Å². The minimum Gasteiger partial charge on any atom is -0.316 e. The topological polar surface area (TPSA) is 101 Å². The SMILES string of the molecule is Cl.O=[N+]([O-])c1ccc(S(=O)(=O)NC2C3CNCC32)cc1. The van der Waals surface area contributed by atoms with Crippen molar-refractivity contribution in [2.75, 3.05) is 13.1 Å². The second-order valence-electron chi connectivity index (χ2n) is 4.88. The maximum absolute atomic E-state index is 12.1. The van der Waals surface area contributed by atoms with Crippen LogP contribution in [-0.2, 0) is 10.0 Å². The van der Waals surface area contributed by atoms with Crippen LogP contribution < -0.4 is 10.0 Å². The Balaban J connectivity index is 0.00000147. The molecule has 1 aliphatic carbocycles. The van der Waals surface area contributed by atoms with E-state index < -0.39 is 14.9 Å². The number of benzene rings is 1.